The van der Waals surface area contributed by atoms with E-state index in [2.05, 4.69) is 26.1 Å². The fourth-order valence-electron chi connectivity index (χ4n) is 1.68. The van der Waals surface area contributed by atoms with Gasteiger partial charge in [-0.15, -0.1) is 0 Å². The maximum absolute atomic E-state index is 12.3. The van der Waals surface area contributed by atoms with E-state index in [1.54, 1.807) is 12.1 Å². The van der Waals surface area contributed by atoms with Crippen LogP contribution in [0.25, 0.3) is 0 Å². The van der Waals surface area contributed by atoms with Crippen LogP contribution in [0.2, 0.25) is 5.02 Å². The first kappa shape index (κ1) is 15.7. The topological polar surface area (TPSA) is 29.1 Å². The van der Waals surface area contributed by atoms with Crippen molar-refractivity contribution in [1.29, 1.82) is 0 Å². The van der Waals surface area contributed by atoms with Gasteiger partial charge < -0.3 is 5.32 Å². The lowest BCUT2D eigenvalue weighted by atomic mass is 10.1. The third-order valence-electron chi connectivity index (χ3n) is 2.85. The molecule has 2 atom stereocenters. The maximum Gasteiger partial charge on any atom is 0.0545 e. The normalized spacial score (nSPS) is 14.7. The minimum atomic E-state index is -0.995. The molecule has 18 heavy (non-hydrogen) atoms. The van der Waals surface area contributed by atoms with Gasteiger partial charge in [-0.25, -0.2) is 0 Å². The van der Waals surface area contributed by atoms with E-state index in [0.29, 0.717) is 16.7 Å². The molecule has 0 aliphatic carbocycles. The van der Waals surface area contributed by atoms with Crippen molar-refractivity contribution in [3.8, 4) is 0 Å². The lowest BCUT2D eigenvalue weighted by Gasteiger charge is -2.21. The summed E-state index contributed by atoms with van der Waals surface area (Å²) in [4.78, 5) is 0.812. The highest BCUT2D eigenvalue weighted by Crippen LogP contribution is 2.16. The monoisotopic (exact) mass is 287 g/mol. The van der Waals surface area contributed by atoms with Gasteiger partial charge in [-0.1, -0.05) is 38.4 Å². The molecule has 2 unspecified atom stereocenters. The van der Waals surface area contributed by atoms with E-state index in [-0.39, 0.29) is 6.04 Å². The van der Waals surface area contributed by atoms with Crippen molar-refractivity contribution < 1.29 is 4.21 Å². The van der Waals surface area contributed by atoms with Crippen LogP contribution in [0, 0.1) is 5.92 Å². The molecule has 0 aromatic heterocycles. The molecule has 4 heteroatoms. The zero-order valence-electron chi connectivity index (χ0n) is 11.3. The third-order valence-corrected chi connectivity index (χ3v) is 4.53. The summed E-state index contributed by atoms with van der Waals surface area (Å²) in [6.07, 6.45) is 1.09. The van der Waals surface area contributed by atoms with Crippen LogP contribution in [0.5, 0.6) is 0 Å². The van der Waals surface area contributed by atoms with E-state index >= 15 is 0 Å². The fourth-order valence-corrected chi connectivity index (χ4v) is 3.45. The molecule has 1 N–H and O–H groups in total. The van der Waals surface area contributed by atoms with Crippen molar-refractivity contribution in [2.24, 2.45) is 5.92 Å². The highest BCUT2D eigenvalue weighted by atomic mass is 35.5. The summed E-state index contributed by atoms with van der Waals surface area (Å²) in [6.45, 7) is 7.42. The quantitative estimate of drug-likeness (QED) is 0.832. The van der Waals surface area contributed by atoms with Crippen LogP contribution in [0.4, 0.5) is 0 Å². The Bertz CT molecular complexity index is 395. The van der Waals surface area contributed by atoms with Crippen molar-refractivity contribution in [2.45, 2.75) is 38.1 Å². The van der Waals surface area contributed by atoms with Crippen LogP contribution in [0.15, 0.2) is 29.2 Å². The molecular formula is C14H22ClNOS. The molecule has 2 nitrogen and oxygen atoms in total. The highest BCUT2D eigenvalue weighted by molar-refractivity contribution is 7.85. The van der Waals surface area contributed by atoms with Gasteiger partial charge in [0.2, 0.25) is 0 Å². The lowest BCUT2D eigenvalue weighted by Crippen LogP contribution is -2.38. The second-order valence-electron chi connectivity index (χ2n) is 4.77. The summed E-state index contributed by atoms with van der Waals surface area (Å²) in [5, 5.41) is 4.10. The Morgan fingerprint density at radius 3 is 2.67 bits per heavy atom. The van der Waals surface area contributed by atoms with Crippen molar-refractivity contribution in [3.63, 3.8) is 0 Å². The number of benzene rings is 1. The Morgan fingerprint density at radius 2 is 2.11 bits per heavy atom. The molecule has 0 saturated heterocycles. The minimum Gasteiger partial charge on any atom is -0.313 e. The molecule has 0 bridgehead atoms. The summed E-state index contributed by atoms with van der Waals surface area (Å²) in [5.41, 5.74) is 0. The second-order valence-corrected chi connectivity index (χ2v) is 6.71. The number of hydrogen-bond donors (Lipinski definition) is 1. The van der Waals surface area contributed by atoms with Crippen LogP contribution >= 0.6 is 11.6 Å². The van der Waals surface area contributed by atoms with Gasteiger partial charge >= 0.3 is 0 Å². The van der Waals surface area contributed by atoms with Crippen LogP contribution in [-0.4, -0.2) is 22.5 Å². The van der Waals surface area contributed by atoms with Gasteiger partial charge in [0.1, 0.15) is 0 Å². The Hall–Kier alpha value is -0.380. The number of hydrogen-bond acceptors (Lipinski definition) is 2. The fraction of sp³-hybridized carbons (Fsp3) is 0.571. The van der Waals surface area contributed by atoms with Crippen molar-refractivity contribution >= 4 is 22.4 Å². The number of rotatable bonds is 7. The molecule has 0 aliphatic heterocycles. The molecule has 1 rings (SSSR count). The zero-order chi connectivity index (χ0) is 13.5. The van der Waals surface area contributed by atoms with Gasteiger partial charge in [-0.3, -0.25) is 4.21 Å². The molecule has 0 aliphatic rings. The molecule has 0 heterocycles. The van der Waals surface area contributed by atoms with E-state index in [9.17, 15) is 4.21 Å². The van der Waals surface area contributed by atoms with E-state index in [1.807, 2.05) is 12.1 Å². The SMILES string of the molecule is CCCNC(CS(=O)c1cccc(Cl)c1)C(C)C. The van der Waals surface area contributed by atoms with Gasteiger partial charge in [0.15, 0.2) is 0 Å². The maximum atomic E-state index is 12.3. The first-order chi connectivity index (χ1) is 8.54. The number of nitrogens with one attached hydrogen (secondary N) is 1. The first-order valence-electron chi connectivity index (χ1n) is 6.42. The molecule has 1 aromatic carbocycles. The average molecular weight is 288 g/mol. The van der Waals surface area contributed by atoms with Gasteiger partial charge in [0, 0.05) is 21.7 Å². The molecule has 102 valence electrons. The van der Waals surface area contributed by atoms with Crippen LogP contribution in [-0.2, 0) is 10.8 Å². The summed E-state index contributed by atoms with van der Waals surface area (Å²) >= 11 is 5.92. The van der Waals surface area contributed by atoms with E-state index in [4.69, 9.17) is 11.6 Å². The van der Waals surface area contributed by atoms with E-state index < -0.39 is 10.8 Å². The first-order valence-corrected chi connectivity index (χ1v) is 8.11. The molecular weight excluding hydrogens is 266 g/mol. The van der Waals surface area contributed by atoms with E-state index in [0.717, 1.165) is 17.9 Å². The van der Waals surface area contributed by atoms with Crippen molar-refractivity contribution in [2.75, 3.05) is 12.3 Å². The number of halogens is 1. The summed E-state index contributed by atoms with van der Waals surface area (Å²) in [7, 11) is -0.995. The van der Waals surface area contributed by atoms with Gasteiger partial charge in [0.25, 0.3) is 0 Å². The average Bonchev–Trinajstić information content (AvgIpc) is 2.33. The third kappa shape index (κ3) is 5.09. The summed E-state index contributed by atoms with van der Waals surface area (Å²) in [6, 6.07) is 7.59. The predicted molar refractivity (Wildman–Crippen MR) is 79.6 cm³/mol. The molecule has 0 fully saturated rings. The minimum absolute atomic E-state index is 0.282. The lowest BCUT2D eigenvalue weighted by molar-refractivity contribution is 0.431. The van der Waals surface area contributed by atoms with Crippen LogP contribution in [0.1, 0.15) is 27.2 Å². The Kier molecular flexibility index (Phi) is 6.90. The largest absolute Gasteiger partial charge is 0.313 e. The Balaban J connectivity index is 2.66. The Labute approximate surface area is 118 Å². The standard InChI is InChI=1S/C14H22ClNOS/c1-4-8-16-14(11(2)3)10-18(17)13-7-5-6-12(15)9-13/h5-7,9,11,14,16H,4,8,10H2,1-3H3. The smallest absolute Gasteiger partial charge is 0.0545 e. The zero-order valence-corrected chi connectivity index (χ0v) is 12.9. The molecule has 0 saturated carbocycles. The van der Waals surface area contributed by atoms with Crippen molar-refractivity contribution in [1.82, 2.24) is 5.32 Å². The van der Waals surface area contributed by atoms with Gasteiger partial charge in [0.05, 0.1) is 10.8 Å². The molecule has 0 spiro atoms. The summed E-state index contributed by atoms with van der Waals surface area (Å²) in [5.74, 6) is 1.11. The second kappa shape index (κ2) is 7.93. The van der Waals surface area contributed by atoms with Crippen molar-refractivity contribution in [3.05, 3.63) is 29.3 Å². The molecule has 1 aromatic rings. The predicted octanol–water partition coefficient (Wildman–Crippen LogP) is 3.47. The molecule has 0 radical (unpaired) electrons. The van der Waals surface area contributed by atoms with Gasteiger partial charge in [-0.2, -0.15) is 0 Å². The van der Waals surface area contributed by atoms with Crippen LogP contribution < -0.4 is 5.32 Å². The highest BCUT2D eigenvalue weighted by Gasteiger charge is 2.16. The van der Waals surface area contributed by atoms with E-state index in [1.165, 1.54) is 0 Å². The summed E-state index contributed by atoms with van der Waals surface area (Å²) < 4.78 is 12.3. The Morgan fingerprint density at radius 1 is 1.39 bits per heavy atom. The molecule has 0 amide bonds. The van der Waals surface area contributed by atoms with Gasteiger partial charge in [-0.05, 0) is 37.1 Å². The van der Waals surface area contributed by atoms with Crippen LogP contribution in [0.3, 0.4) is 0 Å².